The van der Waals surface area contributed by atoms with E-state index in [-0.39, 0.29) is 0 Å². The zero-order valence-electron chi connectivity index (χ0n) is 9.24. The van der Waals surface area contributed by atoms with Crippen molar-refractivity contribution in [1.82, 2.24) is 4.98 Å². The maximum atomic E-state index is 6.10. The molecule has 0 bridgehead atoms. The van der Waals surface area contributed by atoms with Gasteiger partial charge in [-0.05, 0) is 24.6 Å². The van der Waals surface area contributed by atoms with Crippen LogP contribution in [0.5, 0.6) is 0 Å². The lowest BCUT2D eigenvalue weighted by atomic mass is 10.2. The molecule has 1 nitrogen and oxygen atoms in total. The maximum Gasteiger partial charge on any atom is 0.0897 e. The molecule has 2 rings (SSSR count). The predicted molar refractivity (Wildman–Crippen MR) is 78.3 cm³/mol. The molecule has 0 aliphatic heterocycles. The average molecular weight is 304 g/mol. The summed E-state index contributed by atoms with van der Waals surface area (Å²) in [7, 11) is 0. The Hall–Kier alpha value is -0.220. The first-order valence-corrected chi connectivity index (χ1v) is 7.87. The summed E-state index contributed by atoms with van der Waals surface area (Å²) in [4.78, 5) is 4.42. The smallest absolute Gasteiger partial charge is 0.0897 e. The Morgan fingerprint density at radius 2 is 2.12 bits per heavy atom. The third kappa shape index (κ3) is 3.88. The van der Waals surface area contributed by atoms with Crippen LogP contribution in [-0.4, -0.2) is 4.98 Å². The Bertz CT molecular complexity index is 511. The molecule has 0 saturated heterocycles. The number of hydrogen-bond donors (Lipinski definition) is 0. The highest BCUT2D eigenvalue weighted by Gasteiger charge is 2.03. The van der Waals surface area contributed by atoms with Crippen LogP contribution < -0.4 is 0 Å². The molecular formula is C12H11Cl2NS2. The molecule has 90 valence electrons. The predicted octanol–water partition coefficient (Wildman–Crippen LogP) is 5.19. The highest BCUT2D eigenvalue weighted by atomic mass is 35.5. The molecule has 0 N–H and O–H groups in total. The minimum atomic E-state index is 0.680. The Morgan fingerprint density at radius 3 is 2.76 bits per heavy atom. The molecule has 5 heteroatoms. The molecule has 1 heterocycles. The lowest BCUT2D eigenvalue weighted by Gasteiger charge is -2.03. The van der Waals surface area contributed by atoms with Gasteiger partial charge in [-0.1, -0.05) is 29.3 Å². The van der Waals surface area contributed by atoms with Crippen molar-refractivity contribution in [2.24, 2.45) is 0 Å². The van der Waals surface area contributed by atoms with Crippen molar-refractivity contribution in [1.29, 1.82) is 0 Å². The number of thioether (sulfide) groups is 1. The molecule has 0 aliphatic rings. The fourth-order valence-corrected chi connectivity index (χ4v) is 3.58. The van der Waals surface area contributed by atoms with Crippen molar-refractivity contribution in [2.45, 2.75) is 18.4 Å². The van der Waals surface area contributed by atoms with Gasteiger partial charge in [0, 0.05) is 26.9 Å². The molecule has 0 spiro atoms. The van der Waals surface area contributed by atoms with E-state index in [4.69, 9.17) is 23.2 Å². The highest BCUT2D eigenvalue weighted by Crippen LogP contribution is 2.26. The average Bonchev–Trinajstić information content (AvgIpc) is 2.68. The van der Waals surface area contributed by atoms with E-state index in [2.05, 4.69) is 10.4 Å². The first kappa shape index (κ1) is 13.2. The quantitative estimate of drug-likeness (QED) is 0.771. The summed E-state index contributed by atoms with van der Waals surface area (Å²) in [5, 5.41) is 4.63. The van der Waals surface area contributed by atoms with Crippen LogP contribution in [0.25, 0.3) is 0 Å². The van der Waals surface area contributed by atoms with Gasteiger partial charge in [-0.25, -0.2) is 4.98 Å². The Kier molecular flexibility index (Phi) is 4.74. The SMILES string of the molecule is Cc1nc(CSCc2ccc(Cl)cc2Cl)cs1. The molecule has 0 unspecified atom stereocenters. The summed E-state index contributed by atoms with van der Waals surface area (Å²) in [6.45, 7) is 2.02. The lowest BCUT2D eigenvalue weighted by Crippen LogP contribution is -1.85. The zero-order valence-corrected chi connectivity index (χ0v) is 12.4. The number of rotatable bonds is 4. The number of benzene rings is 1. The van der Waals surface area contributed by atoms with Crippen molar-refractivity contribution < 1.29 is 0 Å². The number of nitrogens with zero attached hydrogens (tertiary/aromatic N) is 1. The Balaban J connectivity index is 1.90. The van der Waals surface area contributed by atoms with Crippen molar-refractivity contribution in [3.05, 3.63) is 49.9 Å². The number of hydrogen-bond acceptors (Lipinski definition) is 3. The molecular weight excluding hydrogens is 293 g/mol. The van der Waals surface area contributed by atoms with E-state index >= 15 is 0 Å². The third-order valence-corrected chi connectivity index (χ3v) is 4.61. The lowest BCUT2D eigenvalue weighted by molar-refractivity contribution is 1.18. The molecule has 17 heavy (non-hydrogen) atoms. The second-order valence-corrected chi connectivity index (χ2v) is 6.48. The summed E-state index contributed by atoms with van der Waals surface area (Å²) in [5.74, 6) is 1.80. The fraction of sp³-hybridized carbons (Fsp3) is 0.250. The monoisotopic (exact) mass is 303 g/mol. The van der Waals surface area contributed by atoms with Crippen LogP contribution in [0.3, 0.4) is 0 Å². The van der Waals surface area contributed by atoms with Gasteiger partial charge in [0.2, 0.25) is 0 Å². The van der Waals surface area contributed by atoms with E-state index in [1.807, 2.05) is 30.8 Å². The number of thiazole rings is 1. The van der Waals surface area contributed by atoms with Gasteiger partial charge in [0.05, 0.1) is 10.7 Å². The maximum absolute atomic E-state index is 6.10. The first-order valence-electron chi connectivity index (χ1n) is 5.08. The standard InChI is InChI=1S/C12H11Cl2NS2/c1-8-15-11(7-17-8)6-16-5-9-2-3-10(13)4-12(9)14/h2-4,7H,5-6H2,1H3. The molecule has 0 radical (unpaired) electrons. The molecule has 0 fully saturated rings. The van der Waals surface area contributed by atoms with Crippen molar-refractivity contribution in [2.75, 3.05) is 0 Å². The zero-order chi connectivity index (χ0) is 12.3. The van der Waals surface area contributed by atoms with Gasteiger partial charge in [-0.3, -0.25) is 0 Å². The van der Waals surface area contributed by atoms with Gasteiger partial charge in [0.15, 0.2) is 0 Å². The van der Waals surface area contributed by atoms with E-state index < -0.39 is 0 Å². The van der Waals surface area contributed by atoms with Crippen LogP contribution in [0.2, 0.25) is 10.0 Å². The summed E-state index contributed by atoms with van der Waals surface area (Å²) >= 11 is 15.5. The van der Waals surface area contributed by atoms with Crippen LogP contribution in [0.15, 0.2) is 23.6 Å². The molecule has 1 aromatic carbocycles. The molecule has 0 atom stereocenters. The van der Waals surface area contributed by atoms with E-state index in [9.17, 15) is 0 Å². The van der Waals surface area contributed by atoms with Crippen molar-refractivity contribution in [3.8, 4) is 0 Å². The van der Waals surface area contributed by atoms with Gasteiger partial charge >= 0.3 is 0 Å². The van der Waals surface area contributed by atoms with Crippen LogP contribution in [0.1, 0.15) is 16.3 Å². The summed E-state index contributed by atoms with van der Waals surface area (Å²) in [6, 6.07) is 5.63. The Morgan fingerprint density at radius 1 is 1.29 bits per heavy atom. The largest absolute Gasteiger partial charge is 0.246 e. The fourth-order valence-electron chi connectivity index (χ4n) is 1.38. The van der Waals surface area contributed by atoms with Crippen molar-refractivity contribution in [3.63, 3.8) is 0 Å². The Labute approximate surface area is 119 Å². The topological polar surface area (TPSA) is 12.9 Å². The molecule has 0 amide bonds. The van der Waals surface area contributed by atoms with E-state index in [0.717, 1.165) is 32.8 Å². The van der Waals surface area contributed by atoms with E-state index in [0.29, 0.717) is 5.02 Å². The second kappa shape index (κ2) is 6.10. The molecule has 0 aliphatic carbocycles. The van der Waals surface area contributed by atoms with E-state index in [1.165, 1.54) is 0 Å². The molecule has 2 aromatic rings. The molecule has 1 aromatic heterocycles. The van der Waals surface area contributed by atoms with Gasteiger partial charge in [0.25, 0.3) is 0 Å². The van der Waals surface area contributed by atoms with Gasteiger partial charge in [-0.2, -0.15) is 11.8 Å². The third-order valence-electron chi connectivity index (χ3n) is 2.19. The number of halogens is 2. The summed E-state index contributed by atoms with van der Waals surface area (Å²) in [5.41, 5.74) is 2.26. The minimum absolute atomic E-state index is 0.680. The molecule has 0 saturated carbocycles. The van der Waals surface area contributed by atoms with Gasteiger partial charge in [0.1, 0.15) is 0 Å². The highest BCUT2D eigenvalue weighted by molar-refractivity contribution is 7.97. The van der Waals surface area contributed by atoms with Crippen LogP contribution >= 0.6 is 46.3 Å². The van der Waals surface area contributed by atoms with Crippen LogP contribution in [0.4, 0.5) is 0 Å². The first-order chi connectivity index (χ1) is 8.15. The normalized spacial score (nSPS) is 10.8. The van der Waals surface area contributed by atoms with Crippen molar-refractivity contribution >= 4 is 46.3 Å². The minimum Gasteiger partial charge on any atom is -0.246 e. The number of aromatic nitrogens is 1. The van der Waals surface area contributed by atoms with E-state index in [1.54, 1.807) is 17.4 Å². The summed E-state index contributed by atoms with van der Waals surface area (Å²) in [6.07, 6.45) is 0. The van der Waals surface area contributed by atoms with Crippen LogP contribution in [-0.2, 0) is 11.5 Å². The van der Waals surface area contributed by atoms with Crippen LogP contribution in [0, 0.1) is 6.92 Å². The number of aryl methyl sites for hydroxylation is 1. The van der Waals surface area contributed by atoms with Gasteiger partial charge < -0.3 is 0 Å². The van der Waals surface area contributed by atoms with Gasteiger partial charge in [-0.15, -0.1) is 11.3 Å². The second-order valence-electron chi connectivity index (χ2n) is 3.59. The summed E-state index contributed by atoms with van der Waals surface area (Å²) < 4.78 is 0.